The van der Waals surface area contributed by atoms with Crippen molar-refractivity contribution in [2.75, 3.05) is 0 Å². The Labute approximate surface area is 130 Å². The summed E-state index contributed by atoms with van der Waals surface area (Å²) in [6, 6.07) is 7.68. The van der Waals surface area contributed by atoms with Crippen molar-refractivity contribution in [1.82, 2.24) is 0 Å². The summed E-state index contributed by atoms with van der Waals surface area (Å²) in [5.41, 5.74) is 0.525. The minimum absolute atomic E-state index is 0.00242. The lowest BCUT2D eigenvalue weighted by Gasteiger charge is -2.07. The maximum atomic E-state index is 12.5. The second kappa shape index (κ2) is 6.23. The molecule has 0 aliphatic rings. The van der Waals surface area contributed by atoms with Crippen LogP contribution in [0.2, 0.25) is 5.02 Å². The molecule has 2 rings (SSSR count). The number of aliphatic imine (C=N–C) groups is 1. The number of aromatic hydroxyl groups is 1. The van der Waals surface area contributed by atoms with Crippen molar-refractivity contribution < 1.29 is 18.3 Å². The SMILES string of the molecule is C=Cc1ccc(O)c(/C=N/c2ccc(C(F)(F)F)cc2Cl)c1. The van der Waals surface area contributed by atoms with Crippen LogP contribution in [-0.4, -0.2) is 11.3 Å². The molecule has 0 spiro atoms. The Morgan fingerprint density at radius 2 is 1.86 bits per heavy atom. The number of alkyl halides is 3. The minimum Gasteiger partial charge on any atom is -0.507 e. The van der Waals surface area contributed by atoms with Gasteiger partial charge in [-0.25, -0.2) is 0 Å². The molecule has 0 aliphatic heterocycles. The van der Waals surface area contributed by atoms with Crippen LogP contribution in [0, 0.1) is 0 Å². The summed E-state index contributed by atoms with van der Waals surface area (Å²) in [4.78, 5) is 4.02. The summed E-state index contributed by atoms with van der Waals surface area (Å²) < 4.78 is 37.6. The molecule has 0 heterocycles. The zero-order chi connectivity index (χ0) is 16.3. The molecular formula is C16H11ClF3NO. The molecule has 0 amide bonds. The highest BCUT2D eigenvalue weighted by Crippen LogP contribution is 2.34. The number of hydrogen-bond acceptors (Lipinski definition) is 2. The Bertz CT molecular complexity index is 739. The molecule has 2 aromatic carbocycles. The number of halogens is 4. The van der Waals surface area contributed by atoms with Crippen LogP contribution in [0.25, 0.3) is 6.08 Å². The Morgan fingerprint density at radius 3 is 2.45 bits per heavy atom. The van der Waals surface area contributed by atoms with E-state index in [1.807, 2.05) is 0 Å². The van der Waals surface area contributed by atoms with Crippen LogP contribution in [0.5, 0.6) is 5.75 Å². The quantitative estimate of drug-likeness (QED) is 0.747. The Morgan fingerprint density at radius 1 is 1.14 bits per heavy atom. The lowest BCUT2D eigenvalue weighted by Crippen LogP contribution is -2.04. The van der Waals surface area contributed by atoms with E-state index in [2.05, 4.69) is 11.6 Å². The lowest BCUT2D eigenvalue weighted by molar-refractivity contribution is -0.137. The first-order chi connectivity index (χ1) is 10.3. The molecule has 0 aliphatic carbocycles. The van der Waals surface area contributed by atoms with Gasteiger partial charge in [0.1, 0.15) is 5.75 Å². The average Bonchev–Trinajstić information content (AvgIpc) is 2.46. The van der Waals surface area contributed by atoms with Crippen LogP contribution < -0.4 is 0 Å². The van der Waals surface area contributed by atoms with E-state index in [9.17, 15) is 18.3 Å². The fraction of sp³-hybridized carbons (Fsp3) is 0.0625. The van der Waals surface area contributed by atoms with Gasteiger partial charge >= 0.3 is 6.18 Å². The molecule has 0 bridgehead atoms. The van der Waals surface area contributed by atoms with Crippen LogP contribution in [0.15, 0.2) is 48.0 Å². The Balaban J connectivity index is 2.33. The predicted molar refractivity (Wildman–Crippen MR) is 81.9 cm³/mol. The highest BCUT2D eigenvalue weighted by atomic mass is 35.5. The average molecular weight is 326 g/mol. The maximum Gasteiger partial charge on any atom is 0.416 e. The molecule has 6 heteroatoms. The third-order valence-electron chi connectivity index (χ3n) is 2.91. The van der Waals surface area contributed by atoms with Crippen molar-refractivity contribution in [3.8, 4) is 5.75 Å². The summed E-state index contributed by atoms with van der Waals surface area (Å²) in [6.07, 6.45) is -1.53. The number of hydrogen-bond donors (Lipinski definition) is 1. The second-order valence-electron chi connectivity index (χ2n) is 4.44. The smallest absolute Gasteiger partial charge is 0.416 e. The van der Waals surface area contributed by atoms with E-state index in [4.69, 9.17) is 11.6 Å². The summed E-state index contributed by atoms with van der Waals surface area (Å²) in [5, 5.41) is 9.60. The molecule has 0 atom stereocenters. The van der Waals surface area contributed by atoms with E-state index in [0.29, 0.717) is 5.56 Å². The minimum atomic E-state index is -4.46. The van der Waals surface area contributed by atoms with Crippen LogP contribution >= 0.6 is 11.6 Å². The first kappa shape index (κ1) is 16.1. The zero-order valence-corrected chi connectivity index (χ0v) is 12.0. The molecular weight excluding hydrogens is 315 g/mol. The van der Waals surface area contributed by atoms with Gasteiger partial charge in [-0.1, -0.05) is 30.3 Å². The number of nitrogens with zero attached hydrogens (tertiary/aromatic N) is 1. The third-order valence-corrected chi connectivity index (χ3v) is 3.21. The molecule has 0 unspecified atom stereocenters. The molecule has 0 fully saturated rings. The lowest BCUT2D eigenvalue weighted by atomic mass is 10.1. The number of phenols is 1. The number of rotatable bonds is 3. The molecule has 22 heavy (non-hydrogen) atoms. The highest BCUT2D eigenvalue weighted by molar-refractivity contribution is 6.33. The second-order valence-corrected chi connectivity index (χ2v) is 4.85. The van der Waals surface area contributed by atoms with E-state index < -0.39 is 11.7 Å². The van der Waals surface area contributed by atoms with Gasteiger partial charge in [-0.2, -0.15) is 13.2 Å². The van der Waals surface area contributed by atoms with E-state index >= 15 is 0 Å². The molecule has 0 saturated carbocycles. The molecule has 114 valence electrons. The molecule has 0 saturated heterocycles. The van der Waals surface area contributed by atoms with Crippen LogP contribution in [0.1, 0.15) is 16.7 Å². The van der Waals surface area contributed by atoms with Crippen molar-refractivity contribution in [3.63, 3.8) is 0 Å². The van der Waals surface area contributed by atoms with Gasteiger partial charge < -0.3 is 5.11 Å². The summed E-state index contributed by atoms with van der Waals surface area (Å²) >= 11 is 5.81. The van der Waals surface area contributed by atoms with Crippen molar-refractivity contribution >= 4 is 29.6 Å². The topological polar surface area (TPSA) is 32.6 Å². The van der Waals surface area contributed by atoms with E-state index in [0.717, 1.165) is 17.7 Å². The van der Waals surface area contributed by atoms with Gasteiger partial charge in [0, 0.05) is 11.8 Å². The largest absolute Gasteiger partial charge is 0.507 e. The van der Waals surface area contributed by atoms with E-state index in [1.54, 1.807) is 18.2 Å². The molecule has 1 N–H and O–H groups in total. The number of benzene rings is 2. The number of phenolic OH excluding ortho intramolecular Hbond substituents is 1. The predicted octanol–water partition coefficient (Wildman–Crippen LogP) is 5.46. The Kier molecular flexibility index (Phi) is 4.56. The summed E-state index contributed by atoms with van der Waals surface area (Å²) in [6.45, 7) is 3.61. The first-order valence-electron chi connectivity index (χ1n) is 6.17. The van der Waals surface area contributed by atoms with Crippen LogP contribution in [-0.2, 0) is 6.18 Å². The molecule has 0 radical (unpaired) electrons. The normalized spacial score (nSPS) is 11.8. The van der Waals surface area contributed by atoms with Gasteiger partial charge in [0.2, 0.25) is 0 Å². The van der Waals surface area contributed by atoms with Crippen LogP contribution in [0.3, 0.4) is 0 Å². The maximum absolute atomic E-state index is 12.5. The standard InChI is InChI=1S/C16H11ClF3NO/c1-2-10-3-6-15(22)11(7-10)9-21-14-5-4-12(8-13(14)17)16(18,19)20/h2-9,22H,1H2/b21-9+. The van der Waals surface area contributed by atoms with Gasteiger partial charge in [-0.3, -0.25) is 4.99 Å². The molecule has 2 nitrogen and oxygen atoms in total. The fourth-order valence-corrected chi connectivity index (χ4v) is 1.96. The third kappa shape index (κ3) is 3.68. The first-order valence-corrected chi connectivity index (χ1v) is 6.55. The van der Waals surface area contributed by atoms with Gasteiger partial charge in [0.05, 0.1) is 16.3 Å². The molecule has 2 aromatic rings. The summed E-state index contributed by atoms with van der Waals surface area (Å²) in [5.74, 6) is -0.00242. The van der Waals surface area contributed by atoms with Gasteiger partial charge in [-0.05, 0) is 35.9 Å². The Hall–Kier alpha value is -2.27. The van der Waals surface area contributed by atoms with Gasteiger partial charge in [0.15, 0.2) is 0 Å². The van der Waals surface area contributed by atoms with Gasteiger partial charge in [0.25, 0.3) is 0 Å². The fourth-order valence-electron chi connectivity index (χ4n) is 1.73. The van der Waals surface area contributed by atoms with E-state index in [1.165, 1.54) is 18.3 Å². The van der Waals surface area contributed by atoms with Gasteiger partial charge in [-0.15, -0.1) is 0 Å². The molecule has 0 aromatic heterocycles. The van der Waals surface area contributed by atoms with Crippen molar-refractivity contribution in [2.45, 2.75) is 6.18 Å². The van der Waals surface area contributed by atoms with Crippen LogP contribution in [0.4, 0.5) is 18.9 Å². The van der Waals surface area contributed by atoms with Crippen molar-refractivity contribution in [2.24, 2.45) is 4.99 Å². The van der Waals surface area contributed by atoms with E-state index in [-0.39, 0.29) is 16.5 Å². The van der Waals surface area contributed by atoms with Crippen molar-refractivity contribution in [1.29, 1.82) is 0 Å². The zero-order valence-electron chi connectivity index (χ0n) is 11.2. The summed E-state index contributed by atoms with van der Waals surface area (Å²) in [7, 11) is 0. The van der Waals surface area contributed by atoms with Crippen molar-refractivity contribution in [3.05, 3.63) is 64.7 Å². The highest BCUT2D eigenvalue weighted by Gasteiger charge is 2.30. The monoisotopic (exact) mass is 325 g/mol.